The van der Waals surface area contributed by atoms with Gasteiger partial charge in [-0.25, -0.2) is 9.67 Å². The Morgan fingerprint density at radius 1 is 1.56 bits per heavy atom. The lowest BCUT2D eigenvalue weighted by Gasteiger charge is -2.22. The highest BCUT2D eigenvalue weighted by Gasteiger charge is 2.32. The lowest BCUT2D eigenvalue weighted by Crippen LogP contribution is -2.31. The Morgan fingerprint density at radius 2 is 2.38 bits per heavy atom. The summed E-state index contributed by atoms with van der Waals surface area (Å²) in [6, 6.07) is 0. The molecule has 5 nitrogen and oxygen atoms in total. The zero-order chi connectivity index (χ0) is 11.6. The molecule has 0 aromatic carbocycles. The quantitative estimate of drug-likeness (QED) is 0.806. The van der Waals surface area contributed by atoms with Crippen LogP contribution in [0, 0.1) is 5.41 Å². The zero-order valence-corrected chi connectivity index (χ0v) is 10.2. The van der Waals surface area contributed by atoms with E-state index in [1.54, 1.807) is 6.33 Å². The van der Waals surface area contributed by atoms with Crippen LogP contribution in [-0.2, 0) is 13.1 Å². The van der Waals surface area contributed by atoms with Crippen molar-refractivity contribution in [2.45, 2.75) is 33.4 Å². The maximum absolute atomic E-state index is 5.80. The molecule has 0 bridgehead atoms. The third kappa shape index (κ3) is 2.25. The van der Waals surface area contributed by atoms with E-state index in [0.29, 0.717) is 0 Å². The van der Waals surface area contributed by atoms with Crippen molar-refractivity contribution in [2.24, 2.45) is 11.1 Å². The van der Waals surface area contributed by atoms with Crippen molar-refractivity contribution in [1.82, 2.24) is 19.7 Å². The van der Waals surface area contributed by atoms with E-state index in [4.69, 9.17) is 5.73 Å². The van der Waals surface area contributed by atoms with Gasteiger partial charge in [-0.15, -0.1) is 0 Å². The Kier molecular flexibility index (Phi) is 3.25. The summed E-state index contributed by atoms with van der Waals surface area (Å²) in [6.07, 6.45) is 2.82. The molecular weight excluding hydrogens is 202 g/mol. The van der Waals surface area contributed by atoms with Crippen LogP contribution in [0.4, 0.5) is 0 Å². The normalized spacial score (nSPS) is 26.4. The molecule has 16 heavy (non-hydrogen) atoms. The molecule has 1 aliphatic rings. The maximum atomic E-state index is 5.80. The molecule has 0 amide bonds. The van der Waals surface area contributed by atoms with Crippen molar-refractivity contribution >= 4 is 0 Å². The highest BCUT2D eigenvalue weighted by molar-refractivity contribution is 4.91. The number of rotatable bonds is 4. The first kappa shape index (κ1) is 11.5. The van der Waals surface area contributed by atoms with Crippen molar-refractivity contribution in [2.75, 3.05) is 19.6 Å². The number of hydrogen-bond acceptors (Lipinski definition) is 4. The van der Waals surface area contributed by atoms with Crippen molar-refractivity contribution in [3.05, 3.63) is 12.2 Å². The third-order valence-electron chi connectivity index (χ3n) is 3.49. The topological polar surface area (TPSA) is 60.0 Å². The fraction of sp³-hybridized carbons (Fsp3) is 0.818. The summed E-state index contributed by atoms with van der Waals surface area (Å²) >= 11 is 0. The van der Waals surface area contributed by atoms with E-state index in [-0.39, 0.29) is 5.41 Å². The molecule has 1 atom stereocenters. The van der Waals surface area contributed by atoms with Gasteiger partial charge in [0.2, 0.25) is 0 Å². The van der Waals surface area contributed by atoms with Gasteiger partial charge in [0.15, 0.2) is 0 Å². The molecule has 0 aliphatic carbocycles. The Balaban J connectivity index is 1.97. The fourth-order valence-electron chi connectivity index (χ4n) is 2.30. The first-order valence-electron chi connectivity index (χ1n) is 5.96. The predicted molar refractivity (Wildman–Crippen MR) is 62.8 cm³/mol. The lowest BCUT2D eigenvalue weighted by molar-refractivity contribution is 0.265. The summed E-state index contributed by atoms with van der Waals surface area (Å²) in [4.78, 5) is 6.72. The molecule has 1 saturated heterocycles. The number of nitrogens with two attached hydrogens (primary N) is 1. The van der Waals surface area contributed by atoms with Crippen LogP contribution in [0.2, 0.25) is 0 Å². The average molecular weight is 223 g/mol. The first-order chi connectivity index (χ1) is 7.67. The van der Waals surface area contributed by atoms with Crippen LogP contribution in [0.15, 0.2) is 6.33 Å². The molecule has 1 aromatic heterocycles. The number of aromatic nitrogens is 3. The minimum atomic E-state index is 0.289. The molecular formula is C11H21N5. The van der Waals surface area contributed by atoms with Crippen LogP contribution in [0.3, 0.4) is 0 Å². The zero-order valence-electron chi connectivity index (χ0n) is 10.2. The highest BCUT2D eigenvalue weighted by Crippen LogP contribution is 2.29. The number of hydrogen-bond donors (Lipinski definition) is 1. The van der Waals surface area contributed by atoms with Crippen molar-refractivity contribution in [1.29, 1.82) is 0 Å². The molecule has 0 saturated carbocycles. The van der Waals surface area contributed by atoms with Gasteiger partial charge in [0.25, 0.3) is 0 Å². The number of nitrogens with zero attached hydrogens (tertiary/aromatic N) is 4. The second kappa shape index (κ2) is 4.51. The summed E-state index contributed by atoms with van der Waals surface area (Å²) in [7, 11) is 0. The van der Waals surface area contributed by atoms with E-state index in [0.717, 1.165) is 38.5 Å². The van der Waals surface area contributed by atoms with Gasteiger partial charge >= 0.3 is 0 Å². The standard InChI is InChI=1S/C11H21N5/c1-3-16-10(13-9-14-16)6-15-5-4-11(2,7-12)8-15/h9H,3-8,12H2,1-2H3. The molecule has 2 N–H and O–H groups in total. The highest BCUT2D eigenvalue weighted by atomic mass is 15.3. The van der Waals surface area contributed by atoms with Gasteiger partial charge in [0, 0.05) is 13.1 Å². The van der Waals surface area contributed by atoms with E-state index in [1.807, 2.05) is 4.68 Å². The van der Waals surface area contributed by atoms with Gasteiger partial charge in [-0.1, -0.05) is 6.92 Å². The van der Waals surface area contributed by atoms with Gasteiger partial charge in [0.05, 0.1) is 6.54 Å². The summed E-state index contributed by atoms with van der Waals surface area (Å²) in [6.45, 7) is 9.08. The molecule has 1 aliphatic heterocycles. The Morgan fingerprint density at radius 3 is 3.00 bits per heavy atom. The molecule has 90 valence electrons. The molecule has 5 heteroatoms. The van der Waals surface area contributed by atoms with Crippen LogP contribution >= 0.6 is 0 Å². The van der Waals surface area contributed by atoms with Crippen molar-refractivity contribution < 1.29 is 0 Å². The van der Waals surface area contributed by atoms with Crippen LogP contribution < -0.4 is 5.73 Å². The second-order valence-corrected chi connectivity index (χ2v) is 4.97. The molecule has 0 radical (unpaired) electrons. The van der Waals surface area contributed by atoms with Crippen LogP contribution in [0.25, 0.3) is 0 Å². The Hall–Kier alpha value is -0.940. The Labute approximate surface area is 96.6 Å². The minimum absolute atomic E-state index is 0.289. The van der Waals surface area contributed by atoms with Crippen molar-refractivity contribution in [3.8, 4) is 0 Å². The lowest BCUT2D eigenvalue weighted by atomic mass is 9.90. The van der Waals surface area contributed by atoms with Crippen LogP contribution in [0.5, 0.6) is 0 Å². The predicted octanol–water partition coefficient (Wildman–Crippen LogP) is 0.469. The summed E-state index contributed by atoms with van der Waals surface area (Å²) in [5.74, 6) is 1.06. The number of aryl methyl sites for hydroxylation is 1. The van der Waals surface area contributed by atoms with E-state index >= 15 is 0 Å². The van der Waals surface area contributed by atoms with Gasteiger partial charge < -0.3 is 5.73 Å². The van der Waals surface area contributed by atoms with Crippen molar-refractivity contribution in [3.63, 3.8) is 0 Å². The van der Waals surface area contributed by atoms with E-state index in [1.165, 1.54) is 6.42 Å². The molecule has 0 spiro atoms. The summed E-state index contributed by atoms with van der Waals surface area (Å²) in [5, 5.41) is 4.19. The molecule has 1 aromatic rings. The molecule has 1 fully saturated rings. The van der Waals surface area contributed by atoms with Crippen LogP contribution in [0.1, 0.15) is 26.1 Å². The SMILES string of the molecule is CCn1ncnc1CN1CCC(C)(CN)C1. The molecule has 2 rings (SSSR count). The Bertz CT molecular complexity index is 348. The molecule has 1 unspecified atom stereocenters. The number of likely N-dealkylation sites (tertiary alicyclic amines) is 1. The van der Waals surface area contributed by atoms with E-state index in [2.05, 4.69) is 28.8 Å². The average Bonchev–Trinajstić information content (AvgIpc) is 2.87. The minimum Gasteiger partial charge on any atom is -0.330 e. The third-order valence-corrected chi connectivity index (χ3v) is 3.49. The van der Waals surface area contributed by atoms with Gasteiger partial charge in [0.1, 0.15) is 12.2 Å². The maximum Gasteiger partial charge on any atom is 0.140 e. The van der Waals surface area contributed by atoms with Gasteiger partial charge in [-0.05, 0) is 31.8 Å². The smallest absolute Gasteiger partial charge is 0.140 e. The van der Waals surface area contributed by atoms with Gasteiger partial charge in [-0.2, -0.15) is 5.10 Å². The second-order valence-electron chi connectivity index (χ2n) is 4.97. The fourth-order valence-corrected chi connectivity index (χ4v) is 2.30. The van der Waals surface area contributed by atoms with E-state index < -0.39 is 0 Å². The summed E-state index contributed by atoms with van der Waals surface area (Å²) in [5.41, 5.74) is 6.09. The largest absolute Gasteiger partial charge is 0.330 e. The monoisotopic (exact) mass is 223 g/mol. The summed E-state index contributed by atoms with van der Waals surface area (Å²) < 4.78 is 1.96. The van der Waals surface area contributed by atoms with E-state index in [9.17, 15) is 0 Å². The first-order valence-corrected chi connectivity index (χ1v) is 5.96. The van der Waals surface area contributed by atoms with Crippen LogP contribution in [-0.4, -0.2) is 39.3 Å². The van der Waals surface area contributed by atoms with Gasteiger partial charge in [-0.3, -0.25) is 4.90 Å². The molecule has 2 heterocycles.